The molecule has 0 saturated heterocycles. The number of rotatable bonds is 8. The van der Waals surface area contributed by atoms with Gasteiger partial charge in [0.05, 0.1) is 23.8 Å². The molecule has 2 fully saturated rings. The molecule has 2 aliphatic rings. The summed E-state index contributed by atoms with van der Waals surface area (Å²) in [6.45, 7) is 2.89. The number of methoxy groups -OCH3 is 1. The average Bonchev–Trinajstić information content (AvgIpc) is 3.36. The zero-order valence-electron chi connectivity index (χ0n) is 18.8. The second-order valence-corrected chi connectivity index (χ2v) is 11.7. The monoisotopic (exact) mass is 479 g/mol. The lowest BCUT2D eigenvalue weighted by molar-refractivity contribution is 0.181. The summed E-state index contributed by atoms with van der Waals surface area (Å²) in [6, 6.07) is 4.98. The molecule has 176 valence electrons. The summed E-state index contributed by atoms with van der Waals surface area (Å²) >= 11 is 1.56. The van der Waals surface area contributed by atoms with Gasteiger partial charge in [-0.25, -0.2) is 18.1 Å². The summed E-state index contributed by atoms with van der Waals surface area (Å²) in [5.74, 6) is 1.01. The van der Waals surface area contributed by atoms with Crippen LogP contribution in [0.5, 0.6) is 5.75 Å². The number of sulfonamides is 1. The number of ether oxygens (including phenoxy) is 1. The van der Waals surface area contributed by atoms with Crippen molar-refractivity contribution in [1.29, 1.82) is 0 Å². The van der Waals surface area contributed by atoms with Crippen molar-refractivity contribution >= 4 is 26.5 Å². The highest BCUT2D eigenvalue weighted by molar-refractivity contribution is 7.89. The van der Waals surface area contributed by atoms with E-state index in [0.29, 0.717) is 30.9 Å². The quantitative estimate of drug-likeness (QED) is 0.522. The van der Waals surface area contributed by atoms with Gasteiger partial charge in [-0.2, -0.15) is 0 Å². The second kappa shape index (κ2) is 10.1. The lowest BCUT2D eigenvalue weighted by Crippen LogP contribution is -2.33. The van der Waals surface area contributed by atoms with Gasteiger partial charge >= 0.3 is 0 Å². The molecule has 2 saturated carbocycles. The van der Waals surface area contributed by atoms with Gasteiger partial charge in [-0.15, -0.1) is 0 Å². The van der Waals surface area contributed by atoms with Gasteiger partial charge < -0.3 is 15.2 Å². The van der Waals surface area contributed by atoms with Gasteiger partial charge in [-0.1, -0.05) is 30.6 Å². The molecule has 0 bridgehead atoms. The van der Waals surface area contributed by atoms with Crippen LogP contribution in [0.25, 0.3) is 10.4 Å². The Kier molecular flexibility index (Phi) is 7.39. The van der Waals surface area contributed by atoms with Crippen molar-refractivity contribution in [1.82, 2.24) is 9.71 Å². The van der Waals surface area contributed by atoms with Crippen molar-refractivity contribution in [2.24, 2.45) is 5.92 Å². The maximum absolute atomic E-state index is 13.1. The number of hydrogen-bond acceptors (Lipinski definition) is 7. The molecule has 0 amide bonds. The van der Waals surface area contributed by atoms with Crippen LogP contribution in [0, 0.1) is 12.8 Å². The molecule has 2 unspecified atom stereocenters. The Bertz CT molecular complexity index is 1030. The number of benzene rings is 1. The van der Waals surface area contributed by atoms with Gasteiger partial charge in [0.2, 0.25) is 10.0 Å². The number of aliphatic hydroxyl groups is 1. The van der Waals surface area contributed by atoms with E-state index in [1.165, 1.54) is 39.2 Å². The lowest BCUT2D eigenvalue weighted by atomic mass is 9.89. The highest BCUT2D eigenvalue weighted by Gasteiger charge is 2.29. The van der Waals surface area contributed by atoms with Crippen LogP contribution in [0.1, 0.15) is 57.1 Å². The minimum absolute atomic E-state index is 0.114. The van der Waals surface area contributed by atoms with E-state index in [0.717, 1.165) is 27.8 Å². The number of hydrogen-bond donors (Lipinski definition) is 3. The zero-order valence-corrected chi connectivity index (χ0v) is 20.4. The van der Waals surface area contributed by atoms with Gasteiger partial charge in [0.15, 0.2) is 5.13 Å². The largest absolute Gasteiger partial charge is 0.495 e. The number of aliphatic hydroxyl groups excluding tert-OH is 1. The van der Waals surface area contributed by atoms with Crippen LogP contribution in [0.2, 0.25) is 0 Å². The maximum atomic E-state index is 13.1. The fourth-order valence-electron chi connectivity index (χ4n) is 4.74. The fraction of sp³-hybridized carbons (Fsp3) is 0.609. The molecule has 2 atom stereocenters. The van der Waals surface area contributed by atoms with Crippen LogP contribution in [0.3, 0.4) is 0 Å². The Balaban J connectivity index is 1.54. The normalized spacial score (nSPS) is 22.2. The molecule has 32 heavy (non-hydrogen) atoms. The van der Waals surface area contributed by atoms with Gasteiger partial charge in [0, 0.05) is 12.6 Å². The van der Waals surface area contributed by atoms with E-state index in [2.05, 4.69) is 15.0 Å². The molecule has 3 N–H and O–H groups in total. The average molecular weight is 480 g/mol. The van der Waals surface area contributed by atoms with E-state index in [9.17, 15) is 13.5 Å². The smallest absolute Gasteiger partial charge is 0.244 e. The first-order chi connectivity index (χ1) is 15.4. The summed E-state index contributed by atoms with van der Waals surface area (Å²) < 4.78 is 34.4. The topological polar surface area (TPSA) is 101 Å². The van der Waals surface area contributed by atoms with Gasteiger partial charge in [-0.05, 0) is 68.7 Å². The van der Waals surface area contributed by atoms with Gasteiger partial charge in [-0.3, -0.25) is 0 Å². The predicted molar refractivity (Wildman–Crippen MR) is 128 cm³/mol. The van der Waals surface area contributed by atoms with Crippen molar-refractivity contribution in [3.63, 3.8) is 0 Å². The van der Waals surface area contributed by atoms with Crippen LogP contribution in [0.4, 0.5) is 5.13 Å². The number of thiazole rings is 1. The number of nitrogens with zero attached hydrogens (tertiary/aromatic N) is 1. The van der Waals surface area contributed by atoms with Crippen molar-refractivity contribution in [2.75, 3.05) is 19.0 Å². The predicted octanol–water partition coefficient (Wildman–Crippen LogP) is 4.31. The summed E-state index contributed by atoms with van der Waals surface area (Å²) in [4.78, 5) is 5.75. The molecule has 9 heteroatoms. The summed E-state index contributed by atoms with van der Waals surface area (Å²) in [5, 5.41) is 14.1. The van der Waals surface area contributed by atoms with E-state index < -0.39 is 16.1 Å². The highest BCUT2D eigenvalue weighted by Crippen LogP contribution is 2.37. The Morgan fingerprint density at radius 2 is 1.97 bits per heavy atom. The molecule has 0 spiro atoms. The van der Waals surface area contributed by atoms with Crippen molar-refractivity contribution in [3.05, 3.63) is 23.9 Å². The first-order valence-corrected chi connectivity index (χ1v) is 13.8. The van der Waals surface area contributed by atoms with Gasteiger partial charge in [0.25, 0.3) is 0 Å². The summed E-state index contributed by atoms with van der Waals surface area (Å²) in [5.41, 5.74) is 1.68. The molecule has 0 aliphatic heterocycles. The molecule has 1 heterocycles. The Morgan fingerprint density at radius 1 is 1.19 bits per heavy atom. The van der Waals surface area contributed by atoms with E-state index >= 15 is 0 Å². The van der Waals surface area contributed by atoms with Crippen molar-refractivity contribution < 1.29 is 18.3 Å². The fourth-order valence-corrected chi connectivity index (χ4v) is 7.19. The van der Waals surface area contributed by atoms with E-state index in [4.69, 9.17) is 4.74 Å². The standard InChI is InChI=1S/C23H33N3O4S2/c1-15-22(31-23(25-15)24-14-16-6-4-3-5-7-16)17-8-11-20(30-2)21(12-17)32(28,29)26-18-9-10-19(27)13-18/h8,11-12,16,18-19,26-27H,3-7,9-10,13-14H2,1-2H3,(H,24,25). The molecule has 1 aromatic heterocycles. The summed E-state index contributed by atoms with van der Waals surface area (Å²) in [6.07, 6.45) is 7.74. The lowest BCUT2D eigenvalue weighted by Gasteiger charge is -2.21. The van der Waals surface area contributed by atoms with Crippen molar-refractivity contribution in [2.45, 2.75) is 75.3 Å². The molecular formula is C23H33N3O4S2. The Labute approximate surface area is 194 Å². The minimum atomic E-state index is -3.79. The maximum Gasteiger partial charge on any atom is 0.244 e. The SMILES string of the molecule is COc1ccc(-c2sc(NCC3CCCCC3)nc2C)cc1S(=O)(=O)NC1CCC(O)C1. The van der Waals surface area contributed by atoms with Crippen LogP contribution in [-0.4, -0.2) is 44.3 Å². The molecule has 2 aliphatic carbocycles. The Hall–Kier alpha value is -1.68. The molecule has 0 radical (unpaired) electrons. The first kappa shape index (κ1) is 23.5. The Morgan fingerprint density at radius 3 is 2.66 bits per heavy atom. The number of aryl methyl sites for hydroxylation is 1. The molecule has 1 aromatic carbocycles. The molecule has 7 nitrogen and oxygen atoms in total. The van der Waals surface area contributed by atoms with Crippen LogP contribution >= 0.6 is 11.3 Å². The highest BCUT2D eigenvalue weighted by atomic mass is 32.2. The molecular weight excluding hydrogens is 446 g/mol. The van der Waals surface area contributed by atoms with Crippen molar-refractivity contribution in [3.8, 4) is 16.2 Å². The third-order valence-electron chi connectivity index (χ3n) is 6.51. The molecule has 2 aromatic rings. The van der Waals surface area contributed by atoms with Crippen LogP contribution in [-0.2, 0) is 10.0 Å². The van der Waals surface area contributed by atoms with E-state index in [1.54, 1.807) is 23.5 Å². The van der Waals surface area contributed by atoms with Crippen LogP contribution in [0.15, 0.2) is 23.1 Å². The van der Waals surface area contributed by atoms with Crippen LogP contribution < -0.4 is 14.8 Å². The zero-order chi connectivity index (χ0) is 22.7. The number of nitrogens with one attached hydrogen (secondary N) is 2. The number of anilines is 1. The number of aromatic nitrogens is 1. The second-order valence-electron chi connectivity index (χ2n) is 8.97. The third kappa shape index (κ3) is 5.44. The van der Waals surface area contributed by atoms with E-state index in [-0.39, 0.29) is 10.9 Å². The first-order valence-electron chi connectivity index (χ1n) is 11.5. The molecule has 4 rings (SSSR count). The summed E-state index contributed by atoms with van der Waals surface area (Å²) in [7, 11) is -2.32. The van der Waals surface area contributed by atoms with Gasteiger partial charge in [0.1, 0.15) is 10.6 Å². The third-order valence-corrected chi connectivity index (χ3v) is 9.21. The van der Waals surface area contributed by atoms with E-state index in [1.807, 2.05) is 13.0 Å². The minimum Gasteiger partial charge on any atom is -0.495 e.